The van der Waals surface area contributed by atoms with Gasteiger partial charge in [0.2, 0.25) is 5.96 Å². The van der Waals surface area contributed by atoms with Gasteiger partial charge >= 0.3 is 0 Å². The third-order valence-corrected chi connectivity index (χ3v) is 8.28. The van der Waals surface area contributed by atoms with E-state index in [1.807, 2.05) is 51.1 Å². The first-order valence-corrected chi connectivity index (χ1v) is 15.2. The van der Waals surface area contributed by atoms with Crippen LogP contribution >= 0.6 is 0 Å². The smallest absolute Gasteiger partial charge is 0.248 e. The molecular weight excluding hydrogens is 511 g/mol. The maximum Gasteiger partial charge on any atom is 0.264 e. The monoisotopic (exact) mass is 548 g/mol. The Kier molecular flexibility index (Phi) is 9.51. The molecule has 1 heterocycles. The van der Waals surface area contributed by atoms with Gasteiger partial charge in [0.25, 0.3) is 10.0 Å². The van der Waals surface area contributed by atoms with Crippen LogP contribution in [0.5, 0.6) is 0 Å². The highest BCUT2D eigenvalue weighted by molar-refractivity contribution is 7.90. The third kappa shape index (κ3) is 7.12. The Morgan fingerprint density at radius 3 is 2.21 bits per heavy atom. The zero-order chi connectivity index (χ0) is 27.8. The lowest BCUT2D eigenvalue weighted by molar-refractivity contribution is 0.420. The van der Waals surface area contributed by atoms with Crippen molar-refractivity contribution in [1.82, 2.24) is 9.73 Å². The van der Waals surface area contributed by atoms with E-state index < -0.39 is 10.0 Å². The van der Waals surface area contributed by atoms with Gasteiger partial charge in [0, 0.05) is 5.92 Å². The van der Waals surface area contributed by atoms with Gasteiger partial charge in [0.1, 0.15) is 5.82 Å². The summed E-state index contributed by atoms with van der Waals surface area (Å²) in [7, 11) is -3.88. The van der Waals surface area contributed by atoms with E-state index in [1.165, 1.54) is 18.6 Å². The lowest BCUT2D eigenvalue weighted by Crippen LogP contribution is -2.42. The van der Waals surface area contributed by atoms with Crippen LogP contribution in [0.25, 0.3) is 0 Å². The summed E-state index contributed by atoms with van der Waals surface area (Å²) in [6.45, 7) is 6.33. The number of hydrogen-bond acceptors (Lipinski definition) is 4. The summed E-state index contributed by atoms with van der Waals surface area (Å²) < 4.78 is 43.2. The van der Waals surface area contributed by atoms with Crippen LogP contribution in [0.4, 0.5) is 4.39 Å². The number of rotatable bonds is 5. The molecule has 39 heavy (non-hydrogen) atoms. The number of hydrogen-bond donors (Lipinski definition) is 1. The Bertz CT molecular complexity index is 1380. The Morgan fingerprint density at radius 2 is 1.56 bits per heavy atom. The molecule has 1 unspecified atom stereocenters. The van der Waals surface area contributed by atoms with Crippen molar-refractivity contribution in [3.05, 3.63) is 101 Å². The number of guanidine groups is 1. The minimum atomic E-state index is -3.88. The number of hydrazone groups is 1. The molecule has 3 aromatic rings. The predicted molar refractivity (Wildman–Crippen MR) is 156 cm³/mol. The van der Waals surface area contributed by atoms with E-state index in [-0.39, 0.29) is 28.6 Å². The number of aliphatic imine (C=N–C) groups is 1. The van der Waals surface area contributed by atoms with Crippen LogP contribution in [0.3, 0.4) is 0 Å². The number of nitrogens with zero attached hydrogens (tertiary/aromatic N) is 3. The normalized spacial score (nSPS) is 18.3. The van der Waals surface area contributed by atoms with Crippen LogP contribution in [0.15, 0.2) is 93.9 Å². The molecule has 1 N–H and O–H groups in total. The second-order valence-electron chi connectivity index (χ2n) is 9.70. The van der Waals surface area contributed by atoms with Crippen molar-refractivity contribution in [3.63, 3.8) is 0 Å². The van der Waals surface area contributed by atoms with Crippen LogP contribution in [0.1, 0.15) is 68.6 Å². The molecule has 0 aromatic heterocycles. The lowest BCUT2D eigenvalue weighted by Gasteiger charge is -2.24. The fourth-order valence-electron chi connectivity index (χ4n) is 4.89. The molecule has 0 saturated heterocycles. The van der Waals surface area contributed by atoms with Gasteiger partial charge in [-0.15, -0.1) is 0 Å². The fourth-order valence-corrected chi connectivity index (χ4v) is 5.90. The topological polar surface area (TPSA) is 74.1 Å². The summed E-state index contributed by atoms with van der Waals surface area (Å²) in [5, 5.41) is 6.54. The maximum atomic E-state index is 13.7. The minimum absolute atomic E-state index is 0.0321. The van der Waals surface area contributed by atoms with Gasteiger partial charge in [0.15, 0.2) is 0 Å². The van der Waals surface area contributed by atoms with Crippen molar-refractivity contribution in [1.29, 1.82) is 0 Å². The van der Waals surface area contributed by atoms with E-state index in [1.54, 1.807) is 41.4 Å². The van der Waals surface area contributed by atoms with E-state index in [2.05, 4.69) is 4.72 Å². The molecule has 1 atom stereocenters. The molecule has 1 aliphatic carbocycles. The van der Waals surface area contributed by atoms with Crippen molar-refractivity contribution < 1.29 is 12.8 Å². The highest BCUT2D eigenvalue weighted by Gasteiger charge is 2.33. The zero-order valence-corrected chi connectivity index (χ0v) is 23.7. The largest absolute Gasteiger partial charge is 0.264 e. The lowest BCUT2D eigenvalue weighted by atomic mass is 9.91. The number of aryl methyl sites for hydroxylation is 1. The molecule has 8 heteroatoms. The van der Waals surface area contributed by atoms with Crippen LogP contribution in [-0.4, -0.2) is 37.7 Å². The maximum absolute atomic E-state index is 13.7. The van der Waals surface area contributed by atoms with Gasteiger partial charge in [0.05, 0.1) is 23.2 Å². The first-order valence-electron chi connectivity index (χ1n) is 13.7. The van der Waals surface area contributed by atoms with Gasteiger partial charge in [-0.25, -0.2) is 27.5 Å². The third-order valence-electron chi connectivity index (χ3n) is 6.94. The molecule has 0 radical (unpaired) electrons. The van der Waals surface area contributed by atoms with Crippen molar-refractivity contribution >= 4 is 21.7 Å². The van der Waals surface area contributed by atoms with Gasteiger partial charge < -0.3 is 0 Å². The van der Waals surface area contributed by atoms with Crippen molar-refractivity contribution in [2.24, 2.45) is 10.1 Å². The van der Waals surface area contributed by atoms with Gasteiger partial charge in [-0.2, -0.15) is 5.10 Å². The first kappa shape index (κ1) is 28.5. The molecule has 1 aliphatic heterocycles. The van der Waals surface area contributed by atoms with Gasteiger partial charge in [-0.05, 0) is 55.2 Å². The Hall–Kier alpha value is -3.52. The standard InChI is InChI=1S/C29H31FN4O2S.C2H6/c1-21-12-18-26(19-13-21)37(35,36)33-29(31-25-10-6-3-7-11-25)34-20-27(22-8-4-2-5-9-22)28(32-34)23-14-16-24(30)17-15-23;1-2/h2,4-5,8-9,12-19,25,27H,3,6-7,10-11,20H2,1H3,(H,31,33);1-2H3. The summed E-state index contributed by atoms with van der Waals surface area (Å²) in [6.07, 6.45) is 5.15. The molecule has 1 saturated carbocycles. The zero-order valence-electron chi connectivity index (χ0n) is 22.8. The quantitative estimate of drug-likeness (QED) is 0.287. The molecule has 1 fully saturated rings. The molecule has 5 rings (SSSR count). The van der Waals surface area contributed by atoms with E-state index in [4.69, 9.17) is 10.1 Å². The molecule has 0 bridgehead atoms. The fraction of sp³-hybridized carbons (Fsp3) is 0.355. The number of nitrogens with one attached hydrogen (secondary N) is 1. The Balaban J connectivity index is 0.00000172. The van der Waals surface area contributed by atoms with E-state index in [0.29, 0.717) is 6.54 Å². The van der Waals surface area contributed by atoms with Crippen molar-refractivity contribution in [2.45, 2.75) is 69.7 Å². The summed E-state index contributed by atoms with van der Waals surface area (Å²) >= 11 is 0. The average molecular weight is 549 g/mol. The van der Waals surface area contributed by atoms with E-state index >= 15 is 0 Å². The van der Waals surface area contributed by atoms with E-state index in [9.17, 15) is 12.8 Å². The van der Waals surface area contributed by atoms with Gasteiger partial charge in [-0.1, -0.05) is 93.3 Å². The Labute approximate surface area is 231 Å². The molecule has 206 valence electrons. The summed E-state index contributed by atoms with van der Waals surface area (Å²) in [6, 6.07) is 23.0. The van der Waals surface area contributed by atoms with Crippen molar-refractivity contribution in [3.8, 4) is 0 Å². The summed E-state index contributed by atoms with van der Waals surface area (Å²) in [4.78, 5) is 5.08. The van der Waals surface area contributed by atoms with Crippen LogP contribution in [-0.2, 0) is 10.0 Å². The number of sulfonamides is 1. The molecular formula is C31H37FN4O2S. The molecule has 0 amide bonds. The van der Waals surface area contributed by atoms with Crippen LogP contribution < -0.4 is 4.72 Å². The highest BCUT2D eigenvalue weighted by atomic mass is 32.2. The average Bonchev–Trinajstić information content (AvgIpc) is 3.41. The predicted octanol–water partition coefficient (Wildman–Crippen LogP) is 6.63. The van der Waals surface area contributed by atoms with Crippen molar-refractivity contribution in [2.75, 3.05) is 6.54 Å². The summed E-state index contributed by atoms with van der Waals surface area (Å²) in [5.41, 5.74) is 3.56. The molecule has 3 aromatic carbocycles. The molecule has 0 spiro atoms. The highest BCUT2D eigenvalue weighted by Crippen LogP contribution is 2.30. The minimum Gasteiger partial charge on any atom is -0.248 e. The van der Waals surface area contributed by atoms with Crippen LogP contribution in [0, 0.1) is 12.7 Å². The van der Waals surface area contributed by atoms with E-state index in [0.717, 1.165) is 48.1 Å². The second-order valence-corrected chi connectivity index (χ2v) is 11.4. The number of benzene rings is 3. The SMILES string of the molecule is CC.Cc1ccc(S(=O)(=O)NC(=NC2CCCCC2)N2CC(c3ccccc3)C(c3ccc(F)cc3)=N2)cc1. The summed E-state index contributed by atoms with van der Waals surface area (Å²) in [5.74, 6) is -0.224. The first-order chi connectivity index (χ1) is 18.9. The molecule has 2 aliphatic rings. The molecule has 6 nitrogen and oxygen atoms in total. The second kappa shape index (κ2) is 13.0. The Morgan fingerprint density at radius 1 is 0.923 bits per heavy atom. The van der Waals surface area contributed by atoms with Gasteiger partial charge in [-0.3, -0.25) is 0 Å². The number of halogens is 1. The van der Waals surface area contributed by atoms with Crippen LogP contribution in [0.2, 0.25) is 0 Å².